The summed E-state index contributed by atoms with van der Waals surface area (Å²) >= 11 is 0. The number of likely N-dealkylation sites (tertiary alicyclic amines) is 2. The Morgan fingerprint density at radius 1 is 0.944 bits per heavy atom. The molecule has 0 bridgehead atoms. The van der Waals surface area contributed by atoms with Gasteiger partial charge in [-0.2, -0.15) is 0 Å². The lowest BCUT2D eigenvalue weighted by atomic mass is 10.0. The van der Waals surface area contributed by atoms with Crippen molar-refractivity contribution in [2.75, 3.05) is 26.2 Å². The highest BCUT2D eigenvalue weighted by atomic mass is 16.2. The molecule has 0 aromatic heterocycles. The first-order valence-electron chi connectivity index (χ1n) is 7.84. The van der Waals surface area contributed by atoms with Crippen LogP contribution in [0.1, 0.15) is 38.5 Å². The fourth-order valence-corrected chi connectivity index (χ4v) is 4.52. The van der Waals surface area contributed by atoms with E-state index in [0.29, 0.717) is 17.9 Å². The molecular weight excluding hydrogens is 224 g/mol. The Balaban J connectivity index is 1.34. The Kier molecular flexibility index (Phi) is 2.65. The van der Waals surface area contributed by atoms with Gasteiger partial charge in [0.05, 0.1) is 0 Å². The van der Waals surface area contributed by atoms with Crippen LogP contribution < -0.4 is 0 Å². The molecule has 4 aliphatic rings. The second-order valence-electron chi connectivity index (χ2n) is 6.89. The number of fused-ring (bicyclic) bond motifs is 1. The van der Waals surface area contributed by atoms with E-state index in [9.17, 15) is 4.79 Å². The summed E-state index contributed by atoms with van der Waals surface area (Å²) < 4.78 is 0. The summed E-state index contributed by atoms with van der Waals surface area (Å²) in [6, 6.07) is 0.674. The molecule has 2 saturated carbocycles. The first kappa shape index (κ1) is 11.3. The van der Waals surface area contributed by atoms with E-state index in [4.69, 9.17) is 0 Å². The fraction of sp³-hybridized carbons (Fsp3) is 0.933. The molecule has 100 valence electrons. The van der Waals surface area contributed by atoms with Crippen LogP contribution >= 0.6 is 0 Å². The van der Waals surface area contributed by atoms with E-state index in [1.807, 2.05) is 0 Å². The molecule has 0 N–H and O–H groups in total. The van der Waals surface area contributed by atoms with Crippen LogP contribution in [0.15, 0.2) is 0 Å². The highest BCUT2D eigenvalue weighted by Crippen LogP contribution is 2.54. The van der Waals surface area contributed by atoms with Crippen molar-refractivity contribution in [3.63, 3.8) is 0 Å². The highest BCUT2D eigenvalue weighted by Gasteiger charge is 2.49. The minimum absolute atomic E-state index is 0.395. The van der Waals surface area contributed by atoms with Gasteiger partial charge in [0.1, 0.15) is 0 Å². The minimum atomic E-state index is 0.395. The fourth-order valence-electron chi connectivity index (χ4n) is 4.52. The second-order valence-corrected chi connectivity index (χ2v) is 6.89. The van der Waals surface area contributed by atoms with Gasteiger partial charge in [-0.15, -0.1) is 0 Å². The molecule has 2 aliphatic heterocycles. The Hall–Kier alpha value is -0.570. The number of hydrogen-bond acceptors (Lipinski definition) is 2. The standard InChI is InChI=1S/C15H24N2O/c18-15(13-8-11-7-12(11)9-13)17-6-3-14(10-17)16-4-1-2-5-16/h11-14H,1-10H2. The number of amides is 1. The Morgan fingerprint density at radius 2 is 1.67 bits per heavy atom. The van der Waals surface area contributed by atoms with Crippen LogP contribution in [0.2, 0.25) is 0 Å². The van der Waals surface area contributed by atoms with Gasteiger partial charge in [-0.1, -0.05) is 0 Å². The van der Waals surface area contributed by atoms with Crippen molar-refractivity contribution in [2.24, 2.45) is 17.8 Å². The average Bonchev–Trinajstić information content (AvgIpc) is 2.94. The number of hydrogen-bond donors (Lipinski definition) is 0. The van der Waals surface area contributed by atoms with Crippen molar-refractivity contribution in [3.8, 4) is 0 Å². The molecule has 3 unspecified atom stereocenters. The third-order valence-corrected chi connectivity index (χ3v) is 5.72. The van der Waals surface area contributed by atoms with Crippen LogP contribution in [0.5, 0.6) is 0 Å². The monoisotopic (exact) mass is 248 g/mol. The maximum absolute atomic E-state index is 12.5. The number of carbonyl (C=O) groups is 1. The maximum atomic E-state index is 12.5. The average molecular weight is 248 g/mol. The van der Waals surface area contributed by atoms with Crippen molar-refractivity contribution in [2.45, 2.75) is 44.6 Å². The molecule has 2 aliphatic carbocycles. The van der Waals surface area contributed by atoms with Gasteiger partial charge in [0.25, 0.3) is 0 Å². The lowest BCUT2D eigenvalue weighted by Crippen LogP contribution is -2.39. The van der Waals surface area contributed by atoms with Gasteiger partial charge >= 0.3 is 0 Å². The van der Waals surface area contributed by atoms with Crippen LogP contribution in [0.3, 0.4) is 0 Å². The van der Waals surface area contributed by atoms with Crippen LogP contribution in [0.25, 0.3) is 0 Å². The minimum Gasteiger partial charge on any atom is -0.341 e. The van der Waals surface area contributed by atoms with Gasteiger partial charge in [0, 0.05) is 25.0 Å². The van der Waals surface area contributed by atoms with Gasteiger partial charge in [-0.25, -0.2) is 0 Å². The van der Waals surface area contributed by atoms with E-state index in [1.165, 1.54) is 51.6 Å². The van der Waals surface area contributed by atoms with Gasteiger partial charge < -0.3 is 4.90 Å². The van der Waals surface area contributed by atoms with E-state index >= 15 is 0 Å². The maximum Gasteiger partial charge on any atom is 0.225 e. The lowest BCUT2D eigenvalue weighted by Gasteiger charge is -2.25. The van der Waals surface area contributed by atoms with Crippen molar-refractivity contribution >= 4 is 5.91 Å². The van der Waals surface area contributed by atoms with Crippen molar-refractivity contribution in [1.29, 1.82) is 0 Å². The van der Waals surface area contributed by atoms with Crippen LogP contribution in [-0.2, 0) is 4.79 Å². The second kappa shape index (κ2) is 4.22. The SMILES string of the molecule is O=C(C1CC2CC2C1)N1CCC(N2CCCC2)C1. The molecule has 3 atom stereocenters. The molecule has 0 aromatic carbocycles. The third-order valence-electron chi connectivity index (χ3n) is 5.72. The summed E-state index contributed by atoms with van der Waals surface area (Å²) in [7, 11) is 0. The van der Waals surface area contributed by atoms with Gasteiger partial charge in [-0.05, 0) is 63.5 Å². The van der Waals surface area contributed by atoms with Gasteiger partial charge in [0.2, 0.25) is 5.91 Å². The molecule has 3 nitrogen and oxygen atoms in total. The zero-order valence-electron chi connectivity index (χ0n) is 11.2. The summed E-state index contributed by atoms with van der Waals surface area (Å²) in [6.45, 7) is 4.57. The largest absolute Gasteiger partial charge is 0.341 e. The summed E-state index contributed by atoms with van der Waals surface area (Å²) in [5.74, 6) is 2.74. The topological polar surface area (TPSA) is 23.6 Å². The van der Waals surface area contributed by atoms with Crippen molar-refractivity contribution in [1.82, 2.24) is 9.80 Å². The van der Waals surface area contributed by atoms with E-state index in [1.54, 1.807) is 0 Å². The molecule has 4 fully saturated rings. The summed E-state index contributed by atoms with van der Waals surface area (Å²) in [6.07, 6.45) is 7.75. The van der Waals surface area contributed by atoms with E-state index < -0.39 is 0 Å². The molecule has 18 heavy (non-hydrogen) atoms. The molecule has 0 radical (unpaired) electrons. The first-order valence-corrected chi connectivity index (χ1v) is 7.84. The van der Waals surface area contributed by atoms with Gasteiger partial charge in [0.15, 0.2) is 0 Å². The van der Waals surface area contributed by atoms with Crippen molar-refractivity contribution < 1.29 is 4.79 Å². The predicted octanol–water partition coefficient (Wildman–Crippen LogP) is 1.73. The van der Waals surface area contributed by atoms with E-state index in [0.717, 1.165) is 24.9 Å². The number of rotatable bonds is 2. The zero-order chi connectivity index (χ0) is 12.1. The normalized spacial score (nSPS) is 43.4. The predicted molar refractivity (Wildman–Crippen MR) is 70.1 cm³/mol. The number of nitrogens with zero attached hydrogens (tertiary/aromatic N) is 2. The molecule has 0 aromatic rings. The smallest absolute Gasteiger partial charge is 0.225 e. The quantitative estimate of drug-likeness (QED) is 0.743. The van der Waals surface area contributed by atoms with Gasteiger partial charge in [-0.3, -0.25) is 9.69 Å². The molecule has 2 heterocycles. The van der Waals surface area contributed by atoms with Crippen LogP contribution in [0, 0.1) is 17.8 Å². The van der Waals surface area contributed by atoms with Crippen LogP contribution in [-0.4, -0.2) is 47.9 Å². The lowest BCUT2D eigenvalue weighted by molar-refractivity contribution is -0.134. The van der Waals surface area contributed by atoms with E-state index in [-0.39, 0.29) is 0 Å². The summed E-state index contributed by atoms with van der Waals surface area (Å²) in [5.41, 5.74) is 0. The van der Waals surface area contributed by atoms with E-state index in [2.05, 4.69) is 9.80 Å². The van der Waals surface area contributed by atoms with Crippen molar-refractivity contribution in [3.05, 3.63) is 0 Å². The zero-order valence-corrected chi connectivity index (χ0v) is 11.2. The first-order chi connectivity index (χ1) is 8.81. The molecule has 4 rings (SSSR count). The molecule has 2 saturated heterocycles. The molecule has 1 amide bonds. The molecular formula is C15H24N2O. The summed E-state index contributed by atoms with van der Waals surface area (Å²) in [4.78, 5) is 17.3. The number of carbonyl (C=O) groups excluding carboxylic acids is 1. The van der Waals surface area contributed by atoms with Crippen LogP contribution in [0.4, 0.5) is 0 Å². The third kappa shape index (κ3) is 1.87. The summed E-state index contributed by atoms with van der Waals surface area (Å²) in [5, 5.41) is 0. The molecule has 3 heteroatoms. The molecule has 0 spiro atoms. The Labute approximate surface area is 110 Å². The Bertz CT molecular complexity index is 340. The Morgan fingerprint density at radius 3 is 2.39 bits per heavy atom. The highest BCUT2D eigenvalue weighted by molar-refractivity contribution is 5.79.